The molecule has 0 radical (unpaired) electrons. The van der Waals surface area contributed by atoms with Gasteiger partial charge < -0.3 is 15.6 Å². The summed E-state index contributed by atoms with van der Waals surface area (Å²) < 4.78 is 0. The molecule has 3 saturated heterocycles. The largest absolute Gasteiger partial charge is 0.354 e. The Balaban J connectivity index is 1.41. The Hall–Kier alpha value is -1.73. The van der Waals surface area contributed by atoms with E-state index in [1.807, 2.05) is 0 Å². The number of hydrogen-bond acceptors (Lipinski definition) is 5. The quantitative estimate of drug-likeness (QED) is 0.715. The van der Waals surface area contributed by atoms with Crippen molar-refractivity contribution in [2.24, 2.45) is 11.8 Å². The van der Waals surface area contributed by atoms with E-state index in [0.717, 1.165) is 25.6 Å². The van der Waals surface area contributed by atoms with Crippen molar-refractivity contribution in [3.8, 4) is 0 Å². The first kappa shape index (κ1) is 18.6. The molecule has 4 rings (SSSR count). The second kappa shape index (κ2) is 7.72. The average Bonchev–Trinajstić information content (AvgIpc) is 2.65. The lowest BCUT2D eigenvalue weighted by Gasteiger charge is -2.55. The van der Waals surface area contributed by atoms with E-state index in [0.29, 0.717) is 41.6 Å². The van der Waals surface area contributed by atoms with Crippen molar-refractivity contribution in [1.29, 1.82) is 0 Å². The number of rotatable bonds is 4. The molecule has 1 aromatic rings. The van der Waals surface area contributed by atoms with Crippen LogP contribution in [-0.4, -0.2) is 59.0 Å². The Bertz CT molecular complexity index is 761. The smallest absolute Gasteiger partial charge is 0.254 e. The molecule has 4 heterocycles. The Morgan fingerprint density at radius 1 is 1.26 bits per heavy atom. The SMILES string of the molecule is Cc1nc(C)c(CC(=O)NC[C@H]2[C@@H]3CNC[C@@H](C3)[C@@H]3CCCCN32)c(=O)[nH]1. The van der Waals surface area contributed by atoms with Gasteiger partial charge >= 0.3 is 0 Å². The number of aromatic nitrogens is 2. The van der Waals surface area contributed by atoms with Gasteiger partial charge in [-0.3, -0.25) is 14.5 Å². The van der Waals surface area contributed by atoms with Gasteiger partial charge in [-0.1, -0.05) is 6.42 Å². The zero-order valence-corrected chi connectivity index (χ0v) is 16.4. The Morgan fingerprint density at radius 2 is 2.07 bits per heavy atom. The molecule has 3 aliphatic rings. The monoisotopic (exact) mass is 373 g/mol. The molecule has 3 N–H and O–H groups in total. The van der Waals surface area contributed by atoms with Gasteiger partial charge in [-0.05, 0) is 64.6 Å². The highest BCUT2D eigenvalue weighted by Crippen LogP contribution is 2.38. The van der Waals surface area contributed by atoms with Crippen molar-refractivity contribution in [3.63, 3.8) is 0 Å². The van der Waals surface area contributed by atoms with Gasteiger partial charge in [0.25, 0.3) is 5.56 Å². The Morgan fingerprint density at radius 3 is 2.89 bits per heavy atom. The van der Waals surface area contributed by atoms with Crippen LogP contribution in [0.25, 0.3) is 0 Å². The van der Waals surface area contributed by atoms with Crippen LogP contribution in [0.5, 0.6) is 0 Å². The molecule has 7 heteroatoms. The molecule has 1 aromatic heterocycles. The van der Waals surface area contributed by atoms with E-state index < -0.39 is 0 Å². The summed E-state index contributed by atoms with van der Waals surface area (Å²) in [4.78, 5) is 34.3. The zero-order chi connectivity index (χ0) is 19.0. The zero-order valence-electron chi connectivity index (χ0n) is 16.4. The lowest BCUT2D eigenvalue weighted by atomic mass is 9.73. The summed E-state index contributed by atoms with van der Waals surface area (Å²) in [6.07, 6.45) is 5.24. The molecular weight excluding hydrogens is 342 g/mol. The van der Waals surface area contributed by atoms with Gasteiger partial charge in [0.1, 0.15) is 5.82 Å². The minimum atomic E-state index is -0.205. The van der Waals surface area contributed by atoms with Crippen LogP contribution >= 0.6 is 0 Å². The third kappa shape index (κ3) is 3.80. The van der Waals surface area contributed by atoms with Gasteiger partial charge in [-0.15, -0.1) is 0 Å². The summed E-state index contributed by atoms with van der Waals surface area (Å²) in [5, 5.41) is 6.72. The number of H-pyrrole nitrogens is 1. The minimum absolute atomic E-state index is 0.0892. The maximum Gasteiger partial charge on any atom is 0.254 e. The second-order valence-electron chi connectivity index (χ2n) is 8.48. The summed E-state index contributed by atoms with van der Waals surface area (Å²) >= 11 is 0. The predicted octanol–water partition coefficient (Wildman–Crippen LogP) is 0.508. The van der Waals surface area contributed by atoms with Gasteiger partial charge in [0.05, 0.1) is 6.42 Å². The van der Waals surface area contributed by atoms with Crippen molar-refractivity contribution in [2.75, 3.05) is 26.2 Å². The van der Waals surface area contributed by atoms with Gasteiger partial charge in [-0.25, -0.2) is 4.98 Å². The van der Waals surface area contributed by atoms with Gasteiger partial charge in [0.15, 0.2) is 0 Å². The minimum Gasteiger partial charge on any atom is -0.354 e. The standard InChI is InChI=1S/C20H31N5O2/c1-12-16(20(27)24-13(2)23-12)8-19(26)22-11-18-15-7-14(9-21-10-15)17-5-3-4-6-25(17)18/h14-15,17-18,21H,3-11H2,1-2H3,(H,22,26)(H,23,24,27)/t14-,15+,17+,18+/m1/s1. The van der Waals surface area contributed by atoms with Crippen molar-refractivity contribution >= 4 is 5.91 Å². The van der Waals surface area contributed by atoms with Crippen LogP contribution in [0.4, 0.5) is 0 Å². The summed E-state index contributed by atoms with van der Waals surface area (Å²) in [6.45, 7) is 7.55. The van der Waals surface area contributed by atoms with Crippen LogP contribution in [0, 0.1) is 25.7 Å². The number of fused-ring (bicyclic) bond motifs is 4. The molecule has 148 valence electrons. The first-order valence-corrected chi connectivity index (χ1v) is 10.3. The number of hydrogen-bond donors (Lipinski definition) is 3. The normalized spacial score (nSPS) is 30.6. The van der Waals surface area contributed by atoms with E-state index in [2.05, 4.69) is 25.5 Å². The maximum atomic E-state index is 12.6. The number of carbonyl (C=O) groups is 1. The number of piperidine rings is 3. The Kier molecular flexibility index (Phi) is 5.32. The topological polar surface area (TPSA) is 90.1 Å². The van der Waals surface area contributed by atoms with Crippen LogP contribution in [0.1, 0.15) is 42.8 Å². The molecule has 0 aliphatic carbocycles. The van der Waals surface area contributed by atoms with Crippen LogP contribution < -0.4 is 16.2 Å². The van der Waals surface area contributed by atoms with Gasteiger partial charge in [0, 0.05) is 29.9 Å². The summed E-state index contributed by atoms with van der Waals surface area (Å²) in [5.74, 6) is 1.86. The van der Waals surface area contributed by atoms with E-state index in [9.17, 15) is 9.59 Å². The van der Waals surface area contributed by atoms with Crippen molar-refractivity contribution < 1.29 is 4.79 Å². The molecular formula is C20H31N5O2. The lowest BCUT2D eigenvalue weighted by molar-refractivity contribution is -0.121. The highest BCUT2D eigenvalue weighted by molar-refractivity contribution is 5.78. The number of nitrogens with one attached hydrogen (secondary N) is 3. The fourth-order valence-corrected chi connectivity index (χ4v) is 5.45. The van der Waals surface area contributed by atoms with Gasteiger partial charge in [0.2, 0.25) is 5.91 Å². The highest BCUT2D eigenvalue weighted by Gasteiger charge is 2.45. The Labute approximate surface area is 160 Å². The van der Waals surface area contributed by atoms with Crippen LogP contribution in [0.15, 0.2) is 4.79 Å². The van der Waals surface area contributed by atoms with Gasteiger partial charge in [-0.2, -0.15) is 0 Å². The summed E-state index contributed by atoms with van der Waals surface area (Å²) in [6, 6.07) is 1.06. The fourth-order valence-electron chi connectivity index (χ4n) is 5.45. The van der Waals surface area contributed by atoms with Crippen LogP contribution in [0.2, 0.25) is 0 Å². The molecule has 7 nitrogen and oxygen atoms in total. The molecule has 2 bridgehead atoms. The molecule has 3 fully saturated rings. The molecule has 27 heavy (non-hydrogen) atoms. The second-order valence-corrected chi connectivity index (χ2v) is 8.48. The molecule has 1 amide bonds. The van der Waals surface area contributed by atoms with Crippen molar-refractivity contribution in [3.05, 3.63) is 27.4 Å². The number of amides is 1. The predicted molar refractivity (Wildman–Crippen MR) is 104 cm³/mol. The number of carbonyl (C=O) groups excluding carboxylic acids is 1. The molecule has 4 atom stereocenters. The molecule has 0 aromatic carbocycles. The molecule has 0 spiro atoms. The number of aryl methyl sites for hydroxylation is 2. The first-order valence-electron chi connectivity index (χ1n) is 10.3. The number of nitrogens with zero attached hydrogens (tertiary/aromatic N) is 2. The lowest BCUT2D eigenvalue weighted by Crippen LogP contribution is -2.65. The van der Waals surface area contributed by atoms with Crippen LogP contribution in [0.3, 0.4) is 0 Å². The van der Waals surface area contributed by atoms with E-state index >= 15 is 0 Å². The highest BCUT2D eigenvalue weighted by atomic mass is 16.2. The summed E-state index contributed by atoms with van der Waals surface area (Å²) in [5.41, 5.74) is 0.903. The third-order valence-electron chi connectivity index (χ3n) is 6.71. The molecule has 0 unspecified atom stereocenters. The molecule has 3 aliphatic heterocycles. The first-order chi connectivity index (χ1) is 13.0. The summed E-state index contributed by atoms with van der Waals surface area (Å²) in [7, 11) is 0. The van der Waals surface area contributed by atoms with Crippen LogP contribution in [-0.2, 0) is 11.2 Å². The van der Waals surface area contributed by atoms with E-state index in [1.165, 1.54) is 25.7 Å². The van der Waals surface area contributed by atoms with E-state index in [-0.39, 0.29) is 17.9 Å². The number of aromatic amines is 1. The van der Waals surface area contributed by atoms with Crippen molar-refractivity contribution in [2.45, 2.75) is 58.0 Å². The average molecular weight is 374 g/mol. The van der Waals surface area contributed by atoms with E-state index in [1.54, 1.807) is 13.8 Å². The van der Waals surface area contributed by atoms with E-state index in [4.69, 9.17) is 0 Å². The maximum absolute atomic E-state index is 12.6. The molecule has 0 saturated carbocycles. The fraction of sp³-hybridized carbons (Fsp3) is 0.750. The third-order valence-corrected chi connectivity index (χ3v) is 6.71. The van der Waals surface area contributed by atoms with Crippen molar-refractivity contribution in [1.82, 2.24) is 25.5 Å².